The molecule has 2 aliphatic heterocycles. The number of aromatic nitrogens is 1. The quantitative estimate of drug-likeness (QED) is 0.615. The van der Waals surface area contributed by atoms with Gasteiger partial charge in [0.25, 0.3) is 11.8 Å². The molecule has 2 saturated heterocycles. The van der Waals surface area contributed by atoms with Gasteiger partial charge in [0.1, 0.15) is 11.6 Å². The van der Waals surface area contributed by atoms with E-state index >= 15 is 0 Å². The molecule has 32 heavy (non-hydrogen) atoms. The predicted molar refractivity (Wildman–Crippen MR) is 112 cm³/mol. The minimum absolute atomic E-state index is 0.0175. The summed E-state index contributed by atoms with van der Waals surface area (Å²) in [5.74, 6) is -0.936. The van der Waals surface area contributed by atoms with Gasteiger partial charge in [0.05, 0.1) is 0 Å². The topological polar surface area (TPSA) is 113 Å². The molecule has 3 N–H and O–H groups in total. The van der Waals surface area contributed by atoms with Crippen LogP contribution in [-0.4, -0.2) is 47.0 Å². The molecule has 168 valence electrons. The molecule has 3 heterocycles. The zero-order chi connectivity index (χ0) is 22.7. The number of hydrogen-bond acceptors (Lipinski definition) is 5. The lowest BCUT2D eigenvalue weighted by molar-refractivity contribution is -0.123. The lowest BCUT2D eigenvalue weighted by Crippen LogP contribution is -2.46. The molecule has 4 rings (SSSR count). The Hall–Kier alpha value is -3.69. The fraction of sp³-hybridized carbons (Fsp3) is 0.364. The highest BCUT2D eigenvalue weighted by molar-refractivity contribution is 6.07. The summed E-state index contributed by atoms with van der Waals surface area (Å²) in [7, 11) is 0. The number of nitrogens with zero attached hydrogens (tertiary/aromatic N) is 2. The van der Waals surface area contributed by atoms with E-state index in [1.165, 1.54) is 18.3 Å². The first-order valence-electron chi connectivity index (χ1n) is 10.4. The number of carbonyl (C=O) groups excluding carboxylic acids is 3. The number of benzene rings is 1. The number of piperidine rings is 1. The first kappa shape index (κ1) is 21.5. The average Bonchev–Trinajstić information content (AvgIpc) is 3.06. The molecule has 0 bridgehead atoms. The Morgan fingerprint density at radius 2 is 2.06 bits per heavy atom. The Kier molecular flexibility index (Phi) is 5.93. The van der Waals surface area contributed by atoms with Crippen LogP contribution in [0.4, 0.5) is 14.0 Å². The van der Waals surface area contributed by atoms with E-state index in [0.29, 0.717) is 31.5 Å². The van der Waals surface area contributed by atoms with Gasteiger partial charge >= 0.3 is 12.1 Å². The molecule has 5 amide bonds. The molecule has 0 radical (unpaired) electrons. The standard InChI is InChI=1S/C22H24FN5O4/c1-22(19(29)26-20(30)27-22)15-5-2-4-14(12-15)13-25-21(31)28-10-7-16(8-11-28)32-18-17(23)6-3-9-24-18/h2-6,9,12,16H,7-8,10-11,13H2,1H3,(H,25,31)(H2,26,27,29,30). The summed E-state index contributed by atoms with van der Waals surface area (Å²) in [6, 6.07) is 9.21. The van der Waals surface area contributed by atoms with Crippen molar-refractivity contribution in [2.75, 3.05) is 13.1 Å². The van der Waals surface area contributed by atoms with Crippen LogP contribution in [0, 0.1) is 5.82 Å². The van der Waals surface area contributed by atoms with Crippen LogP contribution in [-0.2, 0) is 16.9 Å². The van der Waals surface area contributed by atoms with E-state index in [2.05, 4.69) is 20.9 Å². The normalized spacial score (nSPS) is 21.1. The van der Waals surface area contributed by atoms with Crippen molar-refractivity contribution >= 4 is 18.0 Å². The Labute approximate surface area is 184 Å². The van der Waals surface area contributed by atoms with Gasteiger partial charge in [-0.3, -0.25) is 10.1 Å². The van der Waals surface area contributed by atoms with E-state index in [1.54, 1.807) is 30.0 Å². The third-order valence-corrected chi connectivity index (χ3v) is 5.72. The second-order valence-electron chi connectivity index (χ2n) is 7.99. The van der Waals surface area contributed by atoms with Gasteiger partial charge in [-0.1, -0.05) is 24.3 Å². The van der Waals surface area contributed by atoms with Crippen molar-refractivity contribution in [3.63, 3.8) is 0 Å². The van der Waals surface area contributed by atoms with Gasteiger partial charge in [-0.05, 0) is 30.2 Å². The number of rotatable bonds is 5. The van der Waals surface area contributed by atoms with Crippen molar-refractivity contribution in [1.29, 1.82) is 0 Å². The van der Waals surface area contributed by atoms with Crippen LogP contribution in [0.15, 0.2) is 42.6 Å². The summed E-state index contributed by atoms with van der Waals surface area (Å²) in [4.78, 5) is 41.8. The molecular weight excluding hydrogens is 417 g/mol. The van der Waals surface area contributed by atoms with E-state index in [0.717, 1.165) is 5.56 Å². The minimum atomic E-state index is -1.15. The number of carbonyl (C=O) groups is 3. The van der Waals surface area contributed by atoms with Crippen LogP contribution in [0.3, 0.4) is 0 Å². The van der Waals surface area contributed by atoms with Gasteiger partial charge in [0.2, 0.25) is 0 Å². The van der Waals surface area contributed by atoms with Gasteiger partial charge in [-0.2, -0.15) is 0 Å². The number of halogens is 1. The number of pyridine rings is 1. The molecule has 0 spiro atoms. The summed E-state index contributed by atoms with van der Waals surface area (Å²) in [6.45, 7) is 2.87. The maximum atomic E-state index is 13.7. The third kappa shape index (κ3) is 4.48. The first-order valence-corrected chi connectivity index (χ1v) is 10.4. The number of urea groups is 2. The van der Waals surface area contributed by atoms with Gasteiger partial charge < -0.3 is 20.3 Å². The molecule has 1 aromatic heterocycles. The lowest BCUT2D eigenvalue weighted by Gasteiger charge is -2.32. The van der Waals surface area contributed by atoms with Gasteiger partial charge in [-0.25, -0.2) is 19.0 Å². The number of likely N-dealkylation sites (tertiary alicyclic amines) is 1. The smallest absolute Gasteiger partial charge is 0.322 e. The fourth-order valence-corrected chi connectivity index (χ4v) is 3.82. The molecule has 10 heteroatoms. The highest BCUT2D eigenvalue weighted by Gasteiger charge is 2.43. The van der Waals surface area contributed by atoms with Crippen molar-refractivity contribution < 1.29 is 23.5 Å². The molecule has 9 nitrogen and oxygen atoms in total. The van der Waals surface area contributed by atoms with Crippen LogP contribution >= 0.6 is 0 Å². The summed E-state index contributed by atoms with van der Waals surface area (Å²) >= 11 is 0. The van der Waals surface area contributed by atoms with Gasteiger partial charge in [-0.15, -0.1) is 0 Å². The number of amides is 5. The maximum Gasteiger partial charge on any atom is 0.322 e. The second kappa shape index (κ2) is 8.81. The second-order valence-corrected chi connectivity index (χ2v) is 7.99. The fourth-order valence-electron chi connectivity index (χ4n) is 3.82. The molecular formula is C22H24FN5O4. The SMILES string of the molecule is CC1(c2cccc(CNC(=O)N3CCC(Oc4ncccc4F)CC3)c2)NC(=O)NC1=O. The van der Waals surface area contributed by atoms with E-state index in [-0.39, 0.29) is 24.6 Å². The van der Waals surface area contributed by atoms with E-state index in [9.17, 15) is 18.8 Å². The van der Waals surface area contributed by atoms with Crippen LogP contribution < -0.4 is 20.7 Å². The largest absolute Gasteiger partial charge is 0.472 e. The molecule has 0 saturated carbocycles. The number of hydrogen-bond donors (Lipinski definition) is 3. The van der Waals surface area contributed by atoms with Crippen molar-refractivity contribution in [2.45, 2.75) is 38.0 Å². The van der Waals surface area contributed by atoms with Crippen molar-refractivity contribution in [2.24, 2.45) is 0 Å². The van der Waals surface area contributed by atoms with Crippen LogP contribution in [0.2, 0.25) is 0 Å². The number of imide groups is 1. The monoisotopic (exact) mass is 441 g/mol. The molecule has 1 unspecified atom stereocenters. The predicted octanol–water partition coefficient (Wildman–Crippen LogP) is 2.03. The number of nitrogens with one attached hydrogen (secondary N) is 3. The van der Waals surface area contributed by atoms with E-state index < -0.39 is 23.3 Å². The highest BCUT2D eigenvalue weighted by atomic mass is 19.1. The van der Waals surface area contributed by atoms with Gasteiger partial charge in [0, 0.05) is 38.7 Å². The zero-order valence-corrected chi connectivity index (χ0v) is 17.6. The van der Waals surface area contributed by atoms with Crippen molar-refractivity contribution in [3.8, 4) is 5.88 Å². The van der Waals surface area contributed by atoms with E-state index in [4.69, 9.17) is 4.74 Å². The third-order valence-electron chi connectivity index (χ3n) is 5.72. The van der Waals surface area contributed by atoms with Crippen molar-refractivity contribution in [3.05, 3.63) is 59.5 Å². The van der Waals surface area contributed by atoms with E-state index in [1.807, 2.05) is 6.07 Å². The Morgan fingerprint density at radius 3 is 2.75 bits per heavy atom. The summed E-state index contributed by atoms with van der Waals surface area (Å²) in [6.07, 6.45) is 2.43. The summed E-state index contributed by atoms with van der Waals surface area (Å²) < 4.78 is 19.3. The minimum Gasteiger partial charge on any atom is -0.472 e. The Balaban J connectivity index is 1.29. The molecule has 2 fully saturated rings. The van der Waals surface area contributed by atoms with Gasteiger partial charge in [0.15, 0.2) is 5.82 Å². The highest BCUT2D eigenvalue weighted by Crippen LogP contribution is 2.25. The summed E-state index contributed by atoms with van der Waals surface area (Å²) in [5, 5.41) is 7.75. The first-order chi connectivity index (χ1) is 15.3. The maximum absolute atomic E-state index is 13.7. The van der Waals surface area contributed by atoms with Crippen LogP contribution in [0.1, 0.15) is 30.9 Å². The molecule has 1 aromatic carbocycles. The average molecular weight is 441 g/mol. The van der Waals surface area contributed by atoms with Crippen molar-refractivity contribution in [1.82, 2.24) is 25.8 Å². The Morgan fingerprint density at radius 1 is 1.28 bits per heavy atom. The summed E-state index contributed by atoms with van der Waals surface area (Å²) in [5.41, 5.74) is 0.286. The van der Waals surface area contributed by atoms with Crippen LogP contribution in [0.5, 0.6) is 5.88 Å². The van der Waals surface area contributed by atoms with Crippen LogP contribution in [0.25, 0.3) is 0 Å². The molecule has 2 aliphatic rings. The number of ether oxygens (including phenoxy) is 1. The molecule has 0 aliphatic carbocycles. The zero-order valence-electron chi connectivity index (χ0n) is 17.6. The Bertz CT molecular complexity index is 1040. The molecule has 2 aromatic rings. The molecule has 1 atom stereocenters. The lowest BCUT2D eigenvalue weighted by atomic mass is 9.91.